The van der Waals surface area contributed by atoms with Gasteiger partial charge in [-0.3, -0.25) is 14.5 Å². The molecule has 202 valence electrons. The number of nitrogens with one attached hydrogen (secondary N) is 1. The molecule has 4 aromatic rings. The van der Waals surface area contributed by atoms with Crippen molar-refractivity contribution in [2.24, 2.45) is 0 Å². The molecule has 4 aromatic carbocycles. The zero-order chi connectivity index (χ0) is 28.6. The van der Waals surface area contributed by atoms with Gasteiger partial charge >= 0.3 is 11.9 Å². The first-order valence-electron chi connectivity index (χ1n) is 12.4. The van der Waals surface area contributed by atoms with Crippen LogP contribution < -0.4 is 10.2 Å². The number of rotatable bonds is 10. The Morgan fingerprint density at radius 3 is 1.82 bits per heavy atom. The van der Waals surface area contributed by atoms with Gasteiger partial charge in [0, 0.05) is 22.0 Å². The van der Waals surface area contributed by atoms with Crippen molar-refractivity contribution in [2.75, 3.05) is 10.2 Å². The highest BCUT2D eigenvalue weighted by atomic mass is 32.2. The number of hydrogen-bond acceptors (Lipinski definition) is 5. The van der Waals surface area contributed by atoms with Crippen molar-refractivity contribution < 1.29 is 29.4 Å². The number of carbonyl (C=O) groups is 4. The summed E-state index contributed by atoms with van der Waals surface area (Å²) in [5.74, 6) is -3.44. The third kappa shape index (κ3) is 6.57. The average molecular weight is 555 g/mol. The van der Waals surface area contributed by atoms with E-state index in [1.54, 1.807) is 29.2 Å². The first-order chi connectivity index (χ1) is 19.3. The van der Waals surface area contributed by atoms with E-state index in [0.717, 1.165) is 22.3 Å². The normalized spacial score (nSPS) is 11.3. The average Bonchev–Trinajstić information content (AvgIpc) is 2.97. The second-order valence-electron chi connectivity index (χ2n) is 8.71. The fourth-order valence-electron chi connectivity index (χ4n) is 4.04. The number of hydrogen-bond donors (Lipinski definition) is 3. The molecule has 0 saturated carbocycles. The zero-order valence-corrected chi connectivity index (χ0v) is 22.3. The Morgan fingerprint density at radius 1 is 0.750 bits per heavy atom. The highest BCUT2D eigenvalue weighted by molar-refractivity contribution is 8.00. The van der Waals surface area contributed by atoms with E-state index < -0.39 is 23.4 Å². The predicted octanol–water partition coefficient (Wildman–Crippen LogP) is 6.57. The van der Waals surface area contributed by atoms with Crippen molar-refractivity contribution in [1.82, 2.24) is 0 Å². The minimum atomic E-state index is -1.41. The molecule has 0 spiro atoms. The maximum absolute atomic E-state index is 13.8. The van der Waals surface area contributed by atoms with E-state index in [4.69, 9.17) is 5.11 Å². The van der Waals surface area contributed by atoms with Crippen molar-refractivity contribution in [2.45, 2.75) is 23.5 Å². The van der Waals surface area contributed by atoms with Crippen molar-refractivity contribution in [3.8, 4) is 0 Å². The first-order valence-corrected chi connectivity index (χ1v) is 13.3. The lowest BCUT2D eigenvalue weighted by Crippen LogP contribution is -2.34. The van der Waals surface area contributed by atoms with E-state index >= 15 is 0 Å². The van der Waals surface area contributed by atoms with Crippen LogP contribution in [0.15, 0.2) is 108 Å². The van der Waals surface area contributed by atoms with Gasteiger partial charge in [0.05, 0.1) is 21.9 Å². The Balaban J connectivity index is 1.50. The molecule has 0 fully saturated rings. The summed E-state index contributed by atoms with van der Waals surface area (Å²) in [4.78, 5) is 51.9. The molecule has 1 atom stereocenters. The van der Waals surface area contributed by atoms with E-state index in [0.29, 0.717) is 12.1 Å². The highest BCUT2D eigenvalue weighted by Gasteiger charge is 2.26. The van der Waals surface area contributed by atoms with Crippen molar-refractivity contribution in [3.63, 3.8) is 0 Å². The molecule has 40 heavy (non-hydrogen) atoms. The lowest BCUT2D eigenvalue weighted by Gasteiger charge is -2.27. The topological polar surface area (TPSA) is 124 Å². The molecule has 9 heteroatoms. The monoisotopic (exact) mass is 554 g/mol. The van der Waals surface area contributed by atoms with Gasteiger partial charge in [-0.05, 0) is 73.2 Å². The summed E-state index contributed by atoms with van der Waals surface area (Å²) >= 11 is 1.41. The van der Waals surface area contributed by atoms with E-state index in [1.165, 1.54) is 23.9 Å². The van der Waals surface area contributed by atoms with Gasteiger partial charge in [-0.2, -0.15) is 0 Å². The fourth-order valence-corrected chi connectivity index (χ4v) is 5.04. The van der Waals surface area contributed by atoms with Gasteiger partial charge in [0.25, 0.3) is 5.91 Å². The van der Waals surface area contributed by atoms with Crippen LogP contribution in [-0.4, -0.2) is 39.2 Å². The van der Waals surface area contributed by atoms with Gasteiger partial charge in [-0.1, -0.05) is 43.3 Å². The van der Waals surface area contributed by atoms with Crippen LogP contribution in [0.1, 0.15) is 44.4 Å². The number of carboxylic acids is 2. The number of anilines is 3. The van der Waals surface area contributed by atoms with E-state index in [9.17, 15) is 24.3 Å². The molecule has 0 aliphatic heterocycles. The summed E-state index contributed by atoms with van der Waals surface area (Å²) in [7, 11) is 0. The summed E-state index contributed by atoms with van der Waals surface area (Å²) in [6.07, 6.45) is 0.586. The molecule has 1 unspecified atom stereocenters. The quantitative estimate of drug-likeness (QED) is 0.189. The van der Waals surface area contributed by atoms with Crippen molar-refractivity contribution in [3.05, 3.63) is 120 Å². The van der Waals surface area contributed by atoms with E-state index in [2.05, 4.69) is 5.32 Å². The Labute approximate surface area is 235 Å². The van der Waals surface area contributed by atoms with Gasteiger partial charge in [-0.25, -0.2) is 9.59 Å². The Hall–Kier alpha value is -4.89. The van der Waals surface area contributed by atoms with Crippen LogP contribution in [0, 0.1) is 0 Å². The standard InChI is InChI=1S/C31H26N2O6S/c1-2-27(29(35)33(22-9-5-3-6-10-22)23-11-7-4-8-12-23)40-24-16-14-21(15-17-24)32-28(34)25-18-13-20(30(36)37)19-26(25)31(38)39/h3-19,27H,2H2,1H3,(H,32,34)(H,36,37)(H,38,39). The largest absolute Gasteiger partial charge is 0.478 e. The second kappa shape index (κ2) is 12.8. The molecular formula is C31H26N2O6S. The van der Waals surface area contributed by atoms with Gasteiger partial charge in [-0.15, -0.1) is 11.8 Å². The fraction of sp³-hybridized carbons (Fsp3) is 0.0968. The molecule has 3 N–H and O–H groups in total. The molecular weight excluding hydrogens is 528 g/mol. The van der Waals surface area contributed by atoms with Crippen molar-refractivity contribution >= 4 is 52.6 Å². The molecule has 2 amide bonds. The minimum Gasteiger partial charge on any atom is -0.478 e. The highest BCUT2D eigenvalue weighted by Crippen LogP contribution is 2.33. The summed E-state index contributed by atoms with van der Waals surface area (Å²) in [6, 6.07) is 29.1. The maximum atomic E-state index is 13.8. The minimum absolute atomic E-state index is 0.0618. The number of carboxylic acid groups (broad SMARTS) is 2. The summed E-state index contributed by atoms with van der Waals surface area (Å²) in [5.41, 5.74) is 1.17. The zero-order valence-electron chi connectivity index (χ0n) is 21.5. The Morgan fingerprint density at radius 2 is 1.32 bits per heavy atom. The third-order valence-electron chi connectivity index (χ3n) is 6.03. The van der Waals surface area contributed by atoms with Crippen molar-refractivity contribution in [1.29, 1.82) is 0 Å². The smallest absolute Gasteiger partial charge is 0.336 e. The molecule has 0 aliphatic rings. The molecule has 0 bridgehead atoms. The maximum Gasteiger partial charge on any atom is 0.336 e. The van der Waals surface area contributed by atoms with Crippen LogP contribution in [0.25, 0.3) is 0 Å². The Kier molecular flexibility index (Phi) is 8.98. The van der Waals surface area contributed by atoms with Gasteiger partial charge < -0.3 is 15.5 Å². The Bertz CT molecular complexity index is 1490. The number of nitrogens with zero attached hydrogens (tertiary/aromatic N) is 1. The number of para-hydroxylation sites is 2. The number of amides is 2. The SMILES string of the molecule is CCC(Sc1ccc(NC(=O)c2ccc(C(=O)O)cc2C(=O)O)cc1)C(=O)N(c1ccccc1)c1ccccc1. The molecule has 0 radical (unpaired) electrons. The van der Waals surface area contributed by atoms with Gasteiger partial charge in [0.2, 0.25) is 5.91 Å². The summed E-state index contributed by atoms with van der Waals surface area (Å²) in [5, 5.41) is 20.8. The van der Waals surface area contributed by atoms with Crippen LogP contribution in [0.2, 0.25) is 0 Å². The number of benzene rings is 4. The lowest BCUT2D eigenvalue weighted by molar-refractivity contribution is -0.117. The van der Waals surface area contributed by atoms with Crippen LogP contribution in [-0.2, 0) is 4.79 Å². The van der Waals surface area contributed by atoms with Crippen LogP contribution in [0.3, 0.4) is 0 Å². The third-order valence-corrected chi connectivity index (χ3v) is 7.39. The molecule has 8 nitrogen and oxygen atoms in total. The number of aromatic carboxylic acids is 2. The molecule has 4 rings (SSSR count). The van der Waals surface area contributed by atoms with Gasteiger partial charge in [0.1, 0.15) is 0 Å². The molecule has 0 aliphatic carbocycles. The van der Waals surface area contributed by atoms with Crippen LogP contribution in [0.5, 0.6) is 0 Å². The molecule has 0 heterocycles. The molecule has 0 saturated heterocycles. The predicted molar refractivity (Wildman–Crippen MR) is 155 cm³/mol. The molecule has 0 aromatic heterocycles. The van der Waals surface area contributed by atoms with E-state index in [1.807, 2.05) is 67.6 Å². The number of carbonyl (C=O) groups excluding carboxylic acids is 2. The summed E-state index contributed by atoms with van der Waals surface area (Å²) in [6.45, 7) is 1.95. The first kappa shape index (κ1) is 28.1. The van der Waals surface area contributed by atoms with Crippen LogP contribution in [0.4, 0.5) is 17.1 Å². The summed E-state index contributed by atoms with van der Waals surface area (Å²) < 4.78 is 0. The van der Waals surface area contributed by atoms with Crippen LogP contribution >= 0.6 is 11.8 Å². The number of thioether (sulfide) groups is 1. The lowest BCUT2D eigenvalue weighted by atomic mass is 10.0. The second-order valence-corrected chi connectivity index (χ2v) is 9.98. The van der Waals surface area contributed by atoms with E-state index in [-0.39, 0.29) is 22.3 Å². The van der Waals surface area contributed by atoms with Gasteiger partial charge in [0.15, 0.2) is 0 Å².